The van der Waals surface area contributed by atoms with E-state index in [0.29, 0.717) is 26.5 Å². The van der Waals surface area contributed by atoms with E-state index in [1.54, 1.807) is 18.2 Å². The second kappa shape index (κ2) is 6.64. The minimum absolute atomic E-state index is 0.0842. The smallest absolute Gasteiger partial charge is 0.159 e. The normalized spacial score (nSPS) is 10.4. The lowest BCUT2D eigenvalue weighted by Gasteiger charge is -2.12. The third-order valence-electron chi connectivity index (χ3n) is 2.37. The van der Waals surface area contributed by atoms with Crippen LogP contribution in [0.2, 0.25) is 20.1 Å². The first-order chi connectivity index (χ1) is 9.45. The highest BCUT2D eigenvalue weighted by Crippen LogP contribution is 2.35. The molecule has 2 aromatic carbocycles. The molecule has 2 N–H and O–H groups in total. The highest BCUT2D eigenvalue weighted by molar-refractivity contribution is 6.36. The van der Waals surface area contributed by atoms with Gasteiger partial charge in [0.1, 0.15) is 5.75 Å². The number of hydrogen-bond acceptors (Lipinski definition) is 3. The van der Waals surface area contributed by atoms with Gasteiger partial charge in [0.15, 0.2) is 12.5 Å². The molecular formula is C13H9Cl4NO2. The summed E-state index contributed by atoms with van der Waals surface area (Å²) in [6.07, 6.45) is 0. The molecule has 0 amide bonds. The van der Waals surface area contributed by atoms with Crippen molar-refractivity contribution < 1.29 is 9.84 Å². The number of anilines is 1. The largest absolute Gasteiger partial charge is 0.504 e. The van der Waals surface area contributed by atoms with Gasteiger partial charge in [0.05, 0.1) is 10.7 Å². The fourth-order valence-corrected chi connectivity index (χ4v) is 2.51. The monoisotopic (exact) mass is 351 g/mol. The lowest BCUT2D eigenvalue weighted by atomic mass is 10.3. The molecule has 0 aliphatic rings. The van der Waals surface area contributed by atoms with Crippen LogP contribution in [0.3, 0.4) is 0 Å². The van der Waals surface area contributed by atoms with Crippen LogP contribution >= 0.6 is 46.4 Å². The van der Waals surface area contributed by atoms with Crippen molar-refractivity contribution in [2.24, 2.45) is 0 Å². The molecule has 20 heavy (non-hydrogen) atoms. The number of hydrogen-bond donors (Lipinski definition) is 2. The predicted octanol–water partition coefficient (Wildman–Crippen LogP) is 5.45. The molecule has 0 radical (unpaired) electrons. The topological polar surface area (TPSA) is 41.5 Å². The Bertz CT molecular complexity index is 614. The molecule has 0 aromatic heterocycles. The van der Waals surface area contributed by atoms with Gasteiger partial charge in [-0.15, -0.1) is 0 Å². The van der Waals surface area contributed by atoms with Gasteiger partial charge in [-0.05, 0) is 30.3 Å². The van der Waals surface area contributed by atoms with Crippen molar-refractivity contribution in [3.8, 4) is 11.5 Å². The minimum Gasteiger partial charge on any atom is -0.504 e. The molecule has 0 heterocycles. The van der Waals surface area contributed by atoms with Gasteiger partial charge >= 0.3 is 0 Å². The van der Waals surface area contributed by atoms with Crippen molar-refractivity contribution in [3.05, 3.63) is 50.4 Å². The number of aromatic hydroxyl groups is 1. The van der Waals surface area contributed by atoms with Crippen molar-refractivity contribution >= 4 is 52.1 Å². The average molecular weight is 353 g/mol. The zero-order valence-corrected chi connectivity index (χ0v) is 13.0. The second-order valence-corrected chi connectivity index (χ2v) is 5.57. The van der Waals surface area contributed by atoms with Gasteiger partial charge in [-0.1, -0.05) is 46.4 Å². The number of nitrogens with one attached hydrogen (secondary N) is 1. The Morgan fingerprint density at radius 3 is 2.15 bits per heavy atom. The van der Waals surface area contributed by atoms with Gasteiger partial charge in [-0.3, -0.25) is 0 Å². The predicted molar refractivity (Wildman–Crippen MR) is 83.7 cm³/mol. The Balaban J connectivity index is 2.03. The summed E-state index contributed by atoms with van der Waals surface area (Å²) in [5.74, 6) is 0.409. The fourth-order valence-electron chi connectivity index (χ4n) is 1.51. The van der Waals surface area contributed by atoms with E-state index >= 15 is 0 Å². The van der Waals surface area contributed by atoms with Crippen LogP contribution in [0.5, 0.6) is 11.5 Å². The van der Waals surface area contributed by atoms with Crippen LogP contribution in [-0.2, 0) is 0 Å². The van der Waals surface area contributed by atoms with Gasteiger partial charge in [0.25, 0.3) is 0 Å². The third-order valence-corrected chi connectivity index (χ3v) is 3.31. The van der Waals surface area contributed by atoms with Gasteiger partial charge in [0, 0.05) is 15.1 Å². The van der Waals surface area contributed by atoms with Crippen LogP contribution < -0.4 is 10.1 Å². The van der Waals surface area contributed by atoms with E-state index in [1.807, 2.05) is 0 Å². The lowest BCUT2D eigenvalue weighted by Crippen LogP contribution is -2.09. The van der Waals surface area contributed by atoms with Gasteiger partial charge in [-0.2, -0.15) is 0 Å². The SMILES string of the molecule is Oc1c(Cl)cc(Cl)cc1NCOc1cc(Cl)cc(Cl)c1. The number of halogens is 4. The first-order valence-electron chi connectivity index (χ1n) is 5.46. The molecular weight excluding hydrogens is 344 g/mol. The molecule has 2 aromatic rings. The molecule has 3 nitrogen and oxygen atoms in total. The molecule has 7 heteroatoms. The fraction of sp³-hybridized carbons (Fsp3) is 0.0769. The Hall–Kier alpha value is -1.000. The van der Waals surface area contributed by atoms with Crippen LogP contribution in [0, 0.1) is 0 Å². The summed E-state index contributed by atoms with van der Waals surface area (Å²) in [5, 5.41) is 14.1. The number of ether oxygens (including phenoxy) is 1. The Morgan fingerprint density at radius 2 is 1.50 bits per heavy atom. The lowest BCUT2D eigenvalue weighted by molar-refractivity contribution is 0.346. The molecule has 0 saturated carbocycles. The van der Waals surface area contributed by atoms with Gasteiger partial charge in [0.2, 0.25) is 0 Å². The van der Waals surface area contributed by atoms with E-state index in [9.17, 15) is 5.11 Å². The third kappa shape index (κ3) is 4.00. The zero-order valence-electron chi connectivity index (χ0n) is 9.96. The Morgan fingerprint density at radius 1 is 0.900 bits per heavy atom. The van der Waals surface area contributed by atoms with Gasteiger partial charge in [-0.25, -0.2) is 0 Å². The molecule has 0 aliphatic heterocycles. The summed E-state index contributed by atoms with van der Waals surface area (Å²) in [5.41, 5.74) is 0.371. The van der Waals surface area contributed by atoms with E-state index in [1.165, 1.54) is 12.1 Å². The van der Waals surface area contributed by atoms with E-state index in [0.717, 1.165) is 0 Å². The molecule has 0 aliphatic carbocycles. The van der Waals surface area contributed by atoms with Crippen molar-refractivity contribution in [3.63, 3.8) is 0 Å². The van der Waals surface area contributed by atoms with Crippen LogP contribution in [-0.4, -0.2) is 11.8 Å². The van der Waals surface area contributed by atoms with Crippen LogP contribution in [0.1, 0.15) is 0 Å². The molecule has 0 saturated heterocycles. The summed E-state index contributed by atoms with van der Waals surface area (Å²) in [6.45, 7) is 0.0842. The molecule has 0 unspecified atom stereocenters. The van der Waals surface area contributed by atoms with Crippen molar-refractivity contribution in [2.45, 2.75) is 0 Å². The molecule has 2 rings (SSSR count). The van der Waals surface area contributed by atoms with Gasteiger partial charge < -0.3 is 15.2 Å². The van der Waals surface area contributed by atoms with Crippen LogP contribution in [0.15, 0.2) is 30.3 Å². The summed E-state index contributed by atoms with van der Waals surface area (Å²) in [6, 6.07) is 7.84. The summed E-state index contributed by atoms with van der Waals surface area (Å²) >= 11 is 23.4. The minimum atomic E-state index is -0.0937. The molecule has 0 bridgehead atoms. The van der Waals surface area contributed by atoms with E-state index < -0.39 is 0 Å². The highest BCUT2D eigenvalue weighted by atomic mass is 35.5. The first-order valence-corrected chi connectivity index (χ1v) is 6.97. The van der Waals surface area contributed by atoms with Crippen molar-refractivity contribution in [2.75, 3.05) is 12.0 Å². The number of benzene rings is 2. The zero-order chi connectivity index (χ0) is 14.7. The molecule has 0 atom stereocenters. The maximum atomic E-state index is 9.76. The number of rotatable bonds is 4. The van der Waals surface area contributed by atoms with Crippen LogP contribution in [0.4, 0.5) is 5.69 Å². The molecule has 0 fully saturated rings. The summed E-state index contributed by atoms with van der Waals surface area (Å²) in [7, 11) is 0. The van der Waals surface area contributed by atoms with E-state index in [2.05, 4.69) is 5.32 Å². The van der Waals surface area contributed by atoms with Crippen molar-refractivity contribution in [1.82, 2.24) is 0 Å². The molecule has 106 valence electrons. The van der Waals surface area contributed by atoms with E-state index in [-0.39, 0.29) is 17.5 Å². The summed E-state index contributed by atoms with van der Waals surface area (Å²) < 4.78 is 5.43. The maximum Gasteiger partial charge on any atom is 0.159 e. The highest BCUT2D eigenvalue weighted by Gasteiger charge is 2.07. The second-order valence-electron chi connectivity index (χ2n) is 3.85. The Labute approximate surface area is 136 Å². The first kappa shape index (κ1) is 15.4. The van der Waals surface area contributed by atoms with Crippen molar-refractivity contribution in [1.29, 1.82) is 0 Å². The van der Waals surface area contributed by atoms with E-state index in [4.69, 9.17) is 51.1 Å². The standard InChI is InChI=1S/C13H9Cl4NO2/c14-7-1-8(15)3-10(2-7)20-6-18-12-5-9(16)4-11(17)13(12)19/h1-5,18-19H,6H2. The Kier molecular flexibility index (Phi) is 5.11. The molecule has 0 spiro atoms. The number of phenols is 1. The summed E-state index contributed by atoms with van der Waals surface area (Å²) in [4.78, 5) is 0. The quantitative estimate of drug-likeness (QED) is 0.567. The maximum absolute atomic E-state index is 9.76. The van der Waals surface area contributed by atoms with Crippen LogP contribution in [0.25, 0.3) is 0 Å². The average Bonchev–Trinajstić information content (AvgIpc) is 2.34. The number of phenolic OH excluding ortho intramolecular Hbond substituents is 1.